The van der Waals surface area contributed by atoms with Gasteiger partial charge in [0.25, 0.3) is 5.91 Å². The normalized spacial score (nSPS) is 10.4. The van der Waals surface area contributed by atoms with E-state index in [9.17, 15) is 4.79 Å². The maximum atomic E-state index is 11.5. The summed E-state index contributed by atoms with van der Waals surface area (Å²) in [6.45, 7) is 0.553. The van der Waals surface area contributed by atoms with Crippen molar-refractivity contribution < 1.29 is 9.32 Å². The number of aryl methyl sites for hydroxylation is 1. The van der Waals surface area contributed by atoms with Gasteiger partial charge in [0.05, 0.1) is 6.20 Å². The Labute approximate surface area is 102 Å². The molecule has 2 rings (SSSR count). The summed E-state index contributed by atoms with van der Waals surface area (Å²) in [5.41, 5.74) is 0. The van der Waals surface area contributed by atoms with Crippen LogP contribution in [0.4, 0.5) is 0 Å². The lowest BCUT2D eigenvalue weighted by Crippen LogP contribution is -2.25. The van der Waals surface area contributed by atoms with Gasteiger partial charge < -0.3 is 14.4 Å². The number of nitrogens with zero attached hydrogens (tertiary/aromatic N) is 3. The summed E-state index contributed by atoms with van der Waals surface area (Å²) in [6, 6.07) is 1.53. The fourth-order valence-corrected chi connectivity index (χ4v) is 2.00. The van der Waals surface area contributed by atoms with Crippen molar-refractivity contribution in [2.45, 2.75) is 5.16 Å². The lowest BCUT2D eigenvalue weighted by Gasteiger charge is -2.02. The van der Waals surface area contributed by atoms with Crippen LogP contribution in [0.15, 0.2) is 34.3 Å². The zero-order valence-electron chi connectivity index (χ0n) is 9.29. The van der Waals surface area contributed by atoms with E-state index in [2.05, 4.69) is 15.5 Å². The molecule has 0 aromatic carbocycles. The van der Waals surface area contributed by atoms with E-state index in [0.717, 1.165) is 10.9 Å². The molecule has 0 spiro atoms. The molecule has 0 bridgehead atoms. The maximum absolute atomic E-state index is 11.5. The zero-order valence-corrected chi connectivity index (χ0v) is 10.1. The van der Waals surface area contributed by atoms with E-state index >= 15 is 0 Å². The minimum Gasteiger partial charge on any atom is -0.351 e. The Kier molecular flexibility index (Phi) is 3.81. The standard InChI is InChI=1S/C10H12N4O2S/c1-14-6-4-12-10(14)17-7-5-11-9(15)8-2-3-13-16-8/h2-4,6H,5,7H2,1H3,(H,11,15). The van der Waals surface area contributed by atoms with Gasteiger partial charge >= 0.3 is 0 Å². The highest BCUT2D eigenvalue weighted by Gasteiger charge is 2.08. The van der Waals surface area contributed by atoms with Crippen molar-refractivity contribution in [1.82, 2.24) is 20.0 Å². The van der Waals surface area contributed by atoms with Gasteiger partial charge in [-0.25, -0.2) is 4.98 Å². The molecule has 0 radical (unpaired) electrons. The molecule has 90 valence electrons. The van der Waals surface area contributed by atoms with E-state index in [1.54, 1.807) is 18.0 Å². The summed E-state index contributed by atoms with van der Waals surface area (Å²) < 4.78 is 6.67. The molecule has 1 amide bonds. The van der Waals surface area contributed by atoms with Crippen molar-refractivity contribution in [2.75, 3.05) is 12.3 Å². The van der Waals surface area contributed by atoms with Gasteiger partial charge in [0.2, 0.25) is 5.76 Å². The van der Waals surface area contributed by atoms with Gasteiger partial charge in [0.1, 0.15) is 0 Å². The molecule has 0 unspecified atom stereocenters. The predicted octanol–water partition coefficient (Wildman–Crippen LogP) is 0.930. The third-order valence-electron chi connectivity index (χ3n) is 2.06. The Bertz CT molecular complexity index is 480. The van der Waals surface area contributed by atoms with Crippen LogP contribution in [0.2, 0.25) is 0 Å². The summed E-state index contributed by atoms with van der Waals surface area (Å²) in [6.07, 6.45) is 5.07. The van der Waals surface area contributed by atoms with E-state index < -0.39 is 0 Å². The van der Waals surface area contributed by atoms with Crippen LogP contribution in [0.5, 0.6) is 0 Å². The van der Waals surface area contributed by atoms with Gasteiger partial charge in [-0.2, -0.15) is 0 Å². The van der Waals surface area contributed by atoms with Gasteiger partial charge in [0, 0.05) is 37.8 Å². The molecule has 0 saturated carbocycles. The van der Waals surface area contributed by atoms with Gasteiger partial charge in [-0.3, -0.25) is 4.79 Å². The Balaban J connectivity index is 1.70. The number of carbonyl (C=O) groups excluding carboxylic acids is 1. The first kappa shape index (κ1) is 11.7. The molecule has 17 heavy (non-hydrogen) atoms. The lowest BCUT2D eigenvalue weighted by atomic mass is 10.4. The predicted molar refractivity (Wildman–Crippen MR) is 62.8 cm³/mol. The molecule has 7 heteroatoms. The van der Waals surface area contributed by atoms with Crippen LogP contribution in [-0.2, 0) is 7.05 Å². The first-order valence-corrected chi connectivity index (χ1v) is 6.05. The molecule has 0 aliphatic rings. The number of carbonyl (C=O) groups is 1. The van der Waals surface area contributed by atoms with Crippen molar-refractivity contribution >= 4 is 17.7 Å². The van der Waals surface area contributed by atoms with Crippen molar-refractivity contribution in [3.63, 3.8) is 0 Å². The van der Waals surface area contributed by atoms with E-state index in [4.69, 9.17) is 4.52 Å². The lowest BCUT2D eigenvalue weighted by molar-refractivity contribution is 0.0919. The molecule has 2 aromatic heterocycles. The highest BCUT2D eigenvalue weighted by molar-refractivity contribution is 7.99. The van der Waals surface area contributed by atoms with E-state index in [1.165, 1.54) is 12.3 Å². The van der Waals surface area contributed by atoms with Gasteiger partial charge in [-0.05, 0) is 0 Å². The maximum Gasteiger partial charge on any atom is 0.289 e. The summed E-state index contributed by atoms with van der Waals surface area (Å²) >= 11 is 1.58. The number of aromatic nitrogens is 3. The largest absolute Gasteiger partial charge is 0.351 e. The van der Waals surface area contributed by atoms with Crippen LogP contribution >= 0.6 is 11.8 Å². The number of nitrogens with one attached hydrogen (secondary N) is 1. The molecular weight excluding hydrogens is 240 g/mol. The molecule has 6 nitrogen and oxygen atoms in total. The van der Waals surface area contributed by atoms with Crippen molar-refractivity contribution in [2.24, 2.45) is 7.05 Å². The highest BCUT2D eigenvalue weighted by atomic mass is 32.2. The summed E-state index contributed by atoms with van der Waals surface area (Å²) in [5, 5.41) is 7.14. The number of thioether (sulfide) groups is 1. The van der Waals surface area contributed by atoms with Crippen LogP contribution in [0.1, 0.15) is 10.6 Å². The van der Waals surface area contributed by atoms with Gasteiger partial charge in [-0.1, -0.05) is 16.9 Å². The molecule has 2 aromatic rings. The van der Waals surface area contributed by atoms with Crippen molar-refractivity contribution in [1.29, 1.82) is 0 Å². The van der Waals surface area contributed by atoms with Crippen LogP contribution in [0.25, 0.3) is 0 Å². The number of rotatable bonds is 5. The second kappa shape index (κ2) is 5.53. The van der Waals surface area contributed by atoms with Crippen LogP contribution in [0.3, 0.4) is 0 Å². The number of hydrogen-bond donors (Lipinski definition) is 1. The Morgan fingerprint density at radius 1 is 1.59 bits per heavy atom. The zero-order chi connectivity index (χ0) is 12.1. The molecule has 0 fully saturated rings. The highest BCUT2D eigenvalue weighted by Crippen LogP contribution is 2.12. The molecule has 0 aliphatic carbocycles. The Hall–Kier alpha value is -1.76. The number of amides is 1. The number of hydrogen-bond acceptors (Lipinski definition) is 5. The molecule has 2 heterocycles. The minimum absolute atomic E-state index is 0.229. The molecule has 0 atom stereocenters. The monoisotopic (exact) mass is 252 g/mol. The number of imidazole rings is 1. The third-order valence-corrected chi connectivity index (χ3v) is 3.12. The molecular formula is C10H12N4O2S. The molecule has 0 aliphatic heterocycles. The molecule has 0 saturated heterocycles. The topological polar surface area (TPSA) is 73.0 Å². The Morgan fingerprint density at radius 2 is 2.47 bits per heavy atom. The fraction of sp³-hybridized carbons (Fsp3) is 0.300. The molecule has 1 N–H and O–H groups in total. The first-order chi connectivity index (χ1) is 8.27. The summed E-state index contributed by atoms with van der Waals surface area (Å²) in [7, 11) is 1.93. The van der Waals surface area contributed by atoms with Gasteiger partial charge in [-0.15, -0.1) is 0 Å². The van der Waals surface area contributed by atoms with Crippen molar-refractivity contribution in [3.05, 3.63) is 30.4 Å². The van der Waals surface area contributed by atoms with Crippen LogP contribution in [0, 0.1) is 0 Å². The summed E-state index contributed by atoms with van der Waals surface area (Å²) in [5.74, 6) is 0.736. The SMILES string of the molecule is Cn1ccnc1SCCNC(=O)c1ccno1. The van der Waals surface area contributed by atoms with E-state index in [-0.39, 0.29) is 11.7 Å². The smallest absolute Gasteiger partial charge is 0.289 e. The van der Waals surface area contributed by atoms with E-state index in [0.29, 0.717) is 6.54 Å². The quantitative estimate of drug-likeness (QED) is 0.633. The minimum atomic E-state index is -0.247. The Morgan fingerprint density at radius 3 is 3.12 bits per heavy atom. The summed E-state index contributed by atoms with van der Waals surface area (Å²) in [4.78, 5) is 15.6. The third kappa shape index (κ3) is 3.10. The van der Waals surface area contributed by atoms with Crippen LogP contribution in [-0.4, -0.2) is 32.9 Å². The van der Waals surface area contributed by atoms with E-state index in [1.807, 2.05) is 17.8 Å². The fourth-order valence-electron chi connectivity index (χ4n) is 1.22. The average Bonchev–Trinajstić information content (AvgIpc) is 2.96. The second-order valence-corrected chi connectivity index (χ2v) is 4.36. The second-order valence-electron chi connectivity index (χ2n) is 3.30. The van der Waals surface area contributed by atoms with Gasteiger partial charge in [0.15, 0.2) is 5.16 Å². The average molecular weight is 252 g/mol. The van der Waals surface area contributed by atoms with Crippen LogP contribution < -0.4 is 5.32 Å². The first-order valence-electron chi connectivity index (χ1n) is 5.06. The van der Waals surface area contributed by atoms with Crippen molar-refractivity contribution in [3.8, 4) is 0 Å².